The van der Waals surface area contributed by atoms with Crippen LogP contribution in [0.1, 0.15) is 11.1 Å². The topological polar surface area (TPSA) is 75.7 Å². The van der Waals surface area contributed by atoms with Crippen LogP contribution in [0.3, 0.4) is 0 Å². The first kappa shape index (κ1) is 21.8. The Kier molecular flexibility index (Phi) is 7.07. The molecule has 0 aliphatic carbocycles. The average molecular weight is 427 g/mol. The lowest BCUT2D eigenvalue weighted by atomic mass is 10.1. The minimum atomic E-state index is -3.52. The first-order chi connectivity index (χ1) is 14.3. The third kappa shape index (κ3) is 6.05. The van der Waals surface area contributed by atoms with E-state index >= 15 is 0 Å². The number of hydrogen-bond donors (Lipinski definition) is 1. The highest BCUT2D eigenvalue weighted by Crippen LogP contribution is 2.24. The van der Waals surface area contributed by atoms with Gasteiger partial charge >= 0.3 is 0 Å². The molecule has 0 saturated heterocycles. The van der Waals surface area contributed by atoms with Gasteiger partial charge in [0.25, 0.3) is 0 Å². The Morgan fingerprint density at radius 2 is 1.70 bits per heavy atom. The Labute approximate surface area is 177 Å². The molecule has 30 heavy (non-hydrogen) atoms. The van der Waals surface area contributed by atoms with Crippen molar-refractivity contribution in [3.63, 3.8) is 0 Å². The third-order valence-electron chi connectivity index (χ3n) is 4.70. The van der Waals surface area contributed by atoms with Gasteiger partial charge in [0.2, 0.25) is 15.9 Å². The number of benzene rings is 3. The average Bonchev–Trinajstić information content (AvgIpc) is 2.71. The normalized spacial score (nSPS) is 11.6. The Hall–Kier alpha value is -2.90. The maximum absolute atomic E-state index is 12.3. The predicted molar refractivity (Wildman–Crippen MR) is 119 cm³/mol. The molecule has 1 amide bonds. The molecule has 6 nitrogen and oxygen atoms in total. The summed E-state index contributed by atoms with van der Waals surface area (Å²) in [5.41, 5.74) is 1.92. The zero-order chi connectivity index (χ0) is 21.6. The minimum Gasteiger partial charge on any atom is -0.491 e. The summed E-state index contributed by atoms with van der Waals surface area (Å²) in [6, 6.07) is 21.3. The van der Waals surface area contributed by atoms with E-state index in [2.05, 4.69) is 5.32 Å². The predicted octanol–water partition coefficient (Wildman–Crippen LogP) is 3.11. The molecule has 1 N–H and O–H groups in total. The van der Waals surface area contributed by atoms with E-state index in [0.717, 1.165) is 33.9 Å². The van der Waals surface area contributed by atoms with Crippen molar-refractivity contribution in [2.45, 2.75) is 13.5 Å². The molecule has 0 atom stereocenters. The van der Waals surface area contributed by atoms with E-state index in [4.69, 9.17) is 4.74 Å². The number of hydrogen-bond acceptors (Lipinski definition) is 4. The van der Waals surface area contributed by atoms with Crippen LogP contribution in [-0.2, 0) is 21.4 Å². The lowest BCUT2D eigenvalue weighted by molar-refractivity contribution is -0.121. The molecule has 0 aromatic heterocycles. The van der Waals surface area contributed by atoms with Crippen molar-refractivity contribution in [3.05, 3.63) is 77.9 Å². The van der Waals surface area contributed by atoms with Crippen molar-refractivity contribution in [3.8, 4) is 5.75 Å². The highest BCUT2D eigenvalue weighted by Gasteiger charge is 2.20. The third-order valence-corrected chi connectivity index (χ3v) is 5.90. The fourth-order valence-electron chi connectivity index (χ4n) is 3.08. The molecule has 0 spiro atoms. The summed E-state index contributed by atoms with van der Waals surface area (Å²) in [7, 11) is -3.52. The highest BCUT2D eigenvalue weighted by atomic mass is 32.2. The summed E-state index contributed by atoms with van der Waals surface area (Å²) in [5, 5.41) is 4.82. The van der Waals surface area contributed by atoms with Gasteiger partial charge in [-0.2, -0.15) is 4.31 Å². The maximum Gasteiger partial charge on any atom is 0.235 e. The lowest BCUT2D eigenvalue weighted by Gasteiger charge is -2.20. The van der Waals surface area contributed by atoms with Crippen LogP contribution < -0.4 is 10.1 Å². The monoisotopic (exact) mass is 426 g/mol. The molecule has 0 radical (unpaired) electrons. The molecule has 7 heteroatoms. The van der Waals surface area contributed by atoms with E-state index in [-0.39, 0.29) is 32.1 Å². The van der Waals surface area contributed by atoms with E-state index in [9.17, 15) is 13.2 Å². The van der Waals surface area contributed by atoms with Gasteiger partial charge in [0.05, 0.1) is 19.3 Å². The van der Waals surface area contributed by atoms with Crippen molar-refractivity contribution in [2.75, 3.05) is 26.0 Å². The van der Waals surface area contributed by atoms with Crippen molar-refractivity contribution < 1.29 is 17.9 Å². The van der Waals surface area contributed by atoms with Crippen LogP contribution in [-0.4, -0.2) is 44.6 Å². The van der Waals surface area contributed by atoms with Crippen LogP contribution in [0, 0.1) is 6.92 Å². The van der Waals surface area contributed by atoms with Gasteiger partial charge in [0.15, 0.2) is 0 Å². The summed E-state index contributed by atoms with van der Waals surface area (Å²) < 4.78 is 31.2. The smallest absolute Gasteiger partial charge is 0.235 e. The van der Waals surface area contributed by atoms with Crippen LogP contribution >= 0.6 is 0 Å². The summed E-state index contributed by atoms with van der Waals surface area (Å²) in [5.74, 6) is 0.383. The van der Waals surface area contributed by atoms with Gasteiger partial charge in [-0.25, -0.2) is 8.42 Å². The van der Waals surface area contributed by atoms with E-state index in [1.807, 2.05) is 73.7 Å². The molecule has 0 fully saturated rings. The second-order valence-corrected chi connectivity index (χ2v) is 9.17. The number of nitrogens with one attached hydrogen (secondary N) is 1. The molecular weight excluding hydrogens is 400 g/mol. The van der Waals surface area contributed by atoms with Crippen LogP contribution in [0.2, 0.25) is 0 Å². The Bertz CT molecular complexity index is 1110. The molecule has 0 aliphatic rings. The summed E-state index contributed by atoms with van der Waals surface area (Å²) in [6.45, 7) is 2.45. The largest absolute Gasteiger partial charge is 0.491 e. The maximum atomic E-state index is 12.3. The second-order valence-electron chi connectivity index (χ2n) is 7.19. The van der Waals surface area contributed by atoms with Crippen LogP contribution in [0.25, 0.3) is 10.8 Å². The fraction of sp³-hybridized carbons (Fsp3) is 0.261. The standard InChI is InChI=1S/C23H26N2O4S/c1-18-10-12-19(13-11-18)16-25(30(2,27)28)17-23(26)24-14-15-29-22-9-5-7-20-6-3-4-8-21(20)22/h3-13H,14-17H2,1-2H3,(H,24,26). The van der Waals surface area contributed by atoms with E-state index < -0.39 is 10.0 Å². The van der Waals surface area contributed by atoms with E-state index in [1.54, 1.807) is 0 Å². The summed E-state index contributed by atoms with van der Waals surface area (Å²) >= 11 is 0. The molecule has 158 valence electrons. The minimum absolute atomic E-state index is 0.152. The molecule has 3 rings (SSSR count). The fourth-order valence-corrected chi connectivity index (χ4v) is 3.81. The number of rotatable bonds is 9. The number of sulfonamides is 1. The molecule has 0 heterocycles. The number of ether oxygens (including phenoxy) is 1. The SMILES string of the molecule is Cc1ccc(CN(CC(=O)NCCOc2cccc3ccccc23)S(C)(=O)=O)cc1. The second kappa shape index (κ2) is 9.73. The summed E-state index contributed by atoms with van der Waals surface area (Å²) in [4.78, 5) is 12.3. The number of fused-ring (bicyclic) bond motifs is 1. The van der Waals surface area contributed by atoms with Crippen LogP contribution in [0.15, 0.2) is 66.7 Å². The van der Waals surface area contributed by atoms with Gasteiger partial charge in [-0.1, -0.05) is 66.2 Å². The van der Waals surface area contributed by atoms with Crippen LogP contribution in [0.4, 0.5) is 0 Å². The zero-order valence-corrected chi connectivity index (χ0v) is 18.0. The highest BCUT2D eigenvalue weighted by molar-refractivity contribution is 7.88. The van der Waals surface area contributed by atoms with Gasteiger partial charge < -0.3 is 10.1 Å². The quantitative estimate of drug-likeness (QED) is 0.534. The molecule has 0 aliphatic heterocycles. The Morgan fingerprint density at radius 1 is 1.00 bits per heavy atom. The molecular formula is C23H26N2O4S. The summed E-state index contributed by atoms with van der Waals surface area (Å²) in [6.07, 6.45) is 1.11. The Balaban J connectivity index is 1.52. The first-order valence-electron chi connectivity index (χ1n) is 9.71. The van der Waals surface area contributed by atoms with Gasteiger partial charge in [-0.3, -0.25) is 4.79 Å². The van der Waals surface area contributed by atoms with Crippen molar-refractivity contribution in [1.29, 1.82) is 0 Å². The van der Waals surface area contributed by atoms with Gasteiger partial charge in [0, 0.05) is 11.9 Å². The Morgan fingerprint density at radius 3 is 2.43 bits per heavy atom. The van der Waals surface area contributed by atoms with Crippen molar-refractivity contribution in [2.24, 2.45) is 0 Å². The molecule has 3 aromatic carbocycles. The molecule has 0 saturated carbocycles. The van der Waals surface area contributed by atoms with Crippen molar-refractivity contribution >= 4 is 26.7 Å². The molecule has 0 bridgehead atoms. The van der Waals surface area contributed by atoms with Gasteiger partial charge in [-0.05, 0) is 23.9 Å². The number of aryl methyl sites for hydroxylation is 1. The lowest BCUT2D eigenvalue weighted by Crippen LogP contribution is -2.40. The van der Waals surface area contributed by atoms with E-state index in [0.29, 0.717) is 0 Å². The first-order valence-corrected chi connectivity index (χ1v) is 11.6. The zero-order valence-electron chi connectivity index (χ0n) is 17.2. The van der Waals surface area contributed by atoms with E-state index in [1.165, 1.54) is 4.31 Å². The molecule has 3 aromatic rings. The van der Waals surface area contributed by atoms with Gasteiger partial charge in [0.1, 0.15) is 12.4 Å². The van der Waals surface area contributed by atoms with Crippen molar-refractivity contribution in [1.82, 2.24) is 9.62 Å². The molecule has 0 unspecified atom stereocenters. The number of carbonyl (C=O) groups is 1. The number of amides is 1. The van der Waals surface area contributed by atoms with Gasteiger partial charge in [-0.15, -0.1) is 0 Å². The number of nitrogens with zero attached hydrogens (tertiary/aromatic N) is 1. The number of carbonyl (C=O) groups excluding carboxylic acids is 1. The van der Waals surface area contributed by atoms with Crippen LogP contribution in [0.5, 0.6) is 5.75 Å².